The van der Waals surface area contributed by atoms with Crippen LogP contribution in [0.5, 0.6) is 5.75 Å². The van der Waals surface area contributed by atoms with Crippen LogP contribution < -0.4 is 10.1 Å². The Morgan fingerprint density at radius 2 is 2.05 bits per heavy atom. The minimum Gasteiger partial charge on any atom is -0.496 e. The number of nitrogens with one attached hydrogen (secondary N) is 1. The highest BCUT2D eigenvalue weighted by molar-refractivity contribution is 9.10. The van der Waals surface area contributed by atoms with Crippen molar-refractivity contribution in [1.82, 2.24) is 5.32 Å². The van der Waals surface area contributed by atoms with Crippen LogP contribution in [-0.4, -0.2) is 13.7 Å². The summed E-state index contributed by atoms with van der Waals surface area (Å²) < 4.78 is 6.78. The number of hydrogen-bond donors (Lipinski definition) is 1. The standard InChI is InChI=1S/C16H24BrNO/c1-4-18-16(12-7-5-6-8-12)13-10-14(17)11(2)9-15(13)19-3/h9-10,12,16,18H,4-8H2,1-3H3. The van der Waals surface area contributed by atoms with Crippen molar-refractivity contribution < 1.29 is 4.74 Å². The molecule has 0 bridgehead atoms. The molecule has 1 atom stereocenters. The molecule has 0 aromatic heterocycles. The van der Waals surface area contributed by atoms with Crippen molar-refractivity contribution in [2.45, 2.75) is 45.6 Å². The predicted octanol–water partition coefficient (Wildman–Crippen LogP) is 4.61. The highest BCUT2D eigenvalue weighted by atomic mass is 79.9. The number of halogens is 1. The van der Waals surface area contributed by atoms with E-state index in [0.717, 1.165) is 18.2 Å². The van der Waals surface area contributed by atoms with E-state index in [9.17, 15) is 0 Å². The maximum atomic E-state index is 5.61. The Bertz CT molecular complexity index is 427. The molecule has 0 heterocycles. The third kappa shape index (κ3) is 3.32. The predicted molar refractivity (Wildman–Crippen MR) is 83.8 cm³/mol. The molecule has 0 saturated heterocycles. The van der Waals surface area contributed by atoms with Crippen LogP contribution in [0.3, 0.4) is 0 Å². The lowest BCUT2D eigenvalue weighted by Crippen LogP contribution is -2.27. The van der Waals surface area contributed by atoms with Crippen LogP contribution in [0.25, 0.3) is 0 Å². The van der Waals surface area contributed by atoms with Gasteiger partial charge in [-0.25, -0.2) is 0 Å². The van der Waals surface area contributed by atoms with Crippen LogP contribution in [0, 0.1) is 12.8 Å². The van der Waals surface area contributed by atoms with Crippen LogP contribution in [-0.2, 0) is 0 Å². The highest BCUT2D eigenvalue weighted by Crippen LogP contribution is 2.40. The zero-order chi connectivity index (χ0) is 13.8. The van der Waals surface area contributed by atoms with E-state index in [0.29, 0.717) is 6.04 Å². The first-order valence-corrected chi connectivity index (χ1v) is 8.04. The average molecular weight is 326 g/mol. The van der Waals surface area contributed by atoms with Crippen molar-refractivity contribution in [2.75, 3.05) is 13.7 Å². The van der Waals surface area contributed by atoms with Gasteiger partial charge in [0.25, 0.3) is 0 Å². The lowest BCUT2D eigenvalue weighted by atomic mass is 9.90. The van der Waals surface area contributed by atoms with E-state index in [1.54, 1.807) is 7.11 Å². The fourth-order valence-electron chi connectivity index (χ4n) is 3.13. The summed E-state index contributed by atoms with van der Waals surface area (Å²) in [5.74, 6) is 1.75. The molecule has 2 rings (SSSR count). The first kappa shape index (κ1) is 14.9. The van der Waals surface area contributed by atoms with Gasteiger partial charge < -0.3 is 10.1 Å². The maximum Gasteiger partial charge on any atom is 0.123 e. The van der Waals surface area contributed by atoms with Crippen LogP contribution in [0.2, 0.25) is 0 Å². The molecule has 1 saturated carbocycles. The van der Waals surface area contributed by atoms with Gasteiger partial charge in [-0.15, -0.1) is 0 Å². The Morgan fingerprint density at radius 1 is 1.37 bits per heavy atom. The van der Waals surface area contributed by atoms with E-state index < -0.39 is 0 Å². The Balaban J connectivity index is 2.36. The summed E-state index contributed by atoms with van der Waals surface area (Å²) in [6.07, 6.45) is 5.38. The van der Waals surface area contributed by atoms with Gasteiger partial charge in [0.15, 0.2) is 0 Å². The molecule has 106 valence electrons. The SMILES string of the molecule is CCNC(c1cc(Br)c(C)cc1OC)C1CCCC1. The van der Waals surface area contributed by atoms with Crippen LogP contribution in [0.1, 0.15) is 49.8 Å². The monoisotopic (exact) mass is 325 g/mol. The number of ether oxygens (including phenoxy) is 1. The van der Waals surface area contributed by atoms with Crippen molar-refractivity contribution >= 4 is 15.9 Å². The van der Waals surface area contributed by atoms with Gasteiger partial charge in [-0.1, -0.05) is 35.7 Å². The lowest BCUT2D eigenvalue weighted by Gasteiger charge is -2.27. The van der Waals surface area contributed by atoms with Crippen molar-refractivity contribution in [1.29, 1.82) is 0 Å². The van der Waals surface area contributed by atoms with Crippen molar-refractivity contribution in [3.63, 3.8) is 0 Å². The minimum absolute atomic E-state index is 0.416. The molecule has 19 heavy (non-hydrogen) atoms. The normalized spacial score (nSPS) is 17.7. The molecule has 1 fully saturated rings. The molecule has 1 N–H and O–H groups in total. The van der Waals surface area contributed by atoms with E-state index in [4.69, 9.17) is 4.74 Å². The number of rotatable bonds is 5. The highest BCUT2D eigenvalue weighted by Gasteiger charge is 2.28. The number of methoxy groups -OCH3 is 1. The zero-order valence-electron chi connectivity index (χ0n) is 12.1. The molecule has 1 aliphatic carbocycles. The molecule has 0 radical (unpaired) electrons. The molecule has 3 heteroatoms. The first-order valence-electron chi connectivity index (χ1n) is 7.24. The van der Waals surface area contributed by atoms with Gasteiger partial charge >= 0.3 is 0 Å². The van der Waals surface area contributed by atoms with E-state index in [2.05, 4.69) is 47.2 Å². The number of benzene rings is 1. The van der Waals surface area contributed by atoms with Gasteiger partial charge in [-0.05, 0) is 49.9 Å². The van der Waals surface area contributed by atoms with Crippen LogP contribution in [0.15, 0.2) is 16.6 Å². The van der Waals surface area contributed by atoms with Crippen molar-refractivity contribution in [3.05, 3.63) is 27.7 Å². The minimum atomic E-state index is 0.416. The second-order valence-corrected chi connectivity index (χ2v) is 6.28. The Morgan fingerprint density at radius 3 is 2.63 bits per heavy atom. The van der Waals surface area contributed by atoms with E-state index in [1.807, 2.05) is 0 Å². The van der Waals surface area contributed by atoms with Crippen LogP contribution >= 0.6 is 15.9 Å². The Kier molecular flexibility index (Phi) is 5.28. The van der Waals surface area contributed by atoms with Gasteiger partial charge in [0.2, 0.25) is 0 Å². The summed E-state index contributed by atoms with van der Waals surface area (Å²) in [6, 6.07) is 4.79. The van der Waals surface area contributed by atoms with E-state index >= 15 is 0 Å². The van der Waals surface area contributed by atoms with Gasteiger partial charge in [-0.2, -0.15) is 0 Å². The molecule has 1 aromatic rings. The van der Waals surface area contributed by atoms with Gasteiger partial charge in [0.1, 0.15) is 5.75 Å². The summed E-state index contributed by atoms with van der Waals surface area (Å²) >= 11 is 3.65. The molecule has 0 amide bonds. The summed E-state index contributed by atoms with van der Waals surface area (Å²) in [5, 5.41) is 3.66. The maximum absolute atomic E-state index is 5.61. The molecule has 0 spiro atoms. The van der Waals surface area contributed by atoms with Gasteiger partial charge in [0, 0.05) is 16.1 Å². The fourth-order valence-corrected chi connectivity index (χ4v) is 3.49. The molecule has 1 aliphatic rings. The summed E-state index contributed by atoms with van der Waals surface area (Å²) in [7, 11) is 1.77. The quantitative estimate of drug-likeness (QED) is 0.853. The Labute approximate surface area is 125 Å². The second kappa shape index (κ2) is 6.76. The molecule has 2 nitrogen and oxygen atoms in total. The third-order valence-corrected chi connectivity index (χ3v) is 5.00. The molecule has 0 aliphatic heterocycles. The molecule has 1 unspecified atom stereocenters. The van der Waals surface area contributed by atoms with Gasteiger partial charge in [0.05, 0.1) is 7.11 Å². The summed E-state index contributed by atoms with van der Waals surface area (Å²) in [6.45, 7) is 5.28. The summed E-state index contributed by atoms with van der Waals surface area (Å²) in [4.78, 5) is 0. The number of aryl methyl sites for hydroxylation is 1. The second-order valence-electron chi connectivity index (χ2n) is 5.42. The zero-order valence-corrected chi connectivity index (χ0v) is 13.7. The first-order chi connectivity index (χ1) is 9.17. The molecule has 1 aromatic carbocycles. The van der Waals surface area contributed by atoms with Gasteiger partial charge in [-0.3, -0.25) is 0 Å². The van der Waals surface area contributed by atoms with E-state index in [1.165, 1.54) is 41.3 Å². The lowest BCUT2D eigenvalue weighted by molar-refractivity contribution is 0.349. The molecular formula is C16H24BrNO. The van der Waals surface area contributed by atoms with Crippen molar-refractivity contribution in [2.24, 2.45) is 5.92 Å². The average Bonchev–Trinajstić information content (AvgIpc) is 2.92. The third-order valence-electron chi connectivity index (χ3n) is 4.14. The summed E-state index contributed by atoms with van der Waals surface area (Å²) in [5.41, 5.74) is 2.52. The van der Waals surface area contributed by atoms with E-state index in [-0.39, 0.29) is 0 Å². The smallest absolute Gasteiger partial charge is 0.123 e. The topological polar surface area (TPSA) is 21.3 Å². The number of hydrogen-bond acceptors (Lipinski definition) is 2. The molecular weight excluding hydrogens is 302 g/mol. The Hall–Kier alpha value is -0.540. The largest absolute Gasteiger partial charge is 0.496 e. The van der Waals surface area contributed by atoms with Crippen molar-refractivity contribution in [3.8, 4) is 5.75 Å². The van der Waals surface area contributed by atoms with Crippen LogP contribution in [0.4, 0.5) is 0 Å². The fraction of sp³-hybridized carbons (Fsp3) is 0.625.